The van der Waals surface area contributed by atoms with Crippen LogP contribution in [0, 0.1) is 0 Å². The van der Waals surface area contributed by atoms with E-state index >= 15 is 0 Å². The van der Waals surface area contributed by atoms with E-state index in [1.165, 1.54) is 0 Å². The Kier molecular flexibility index (Phi) is 6.08. The van der Waals surface area contributed by atoms with Crippen LogP contribution in [0.5, 0.6) is 0 Å². The number of carbonyl (C=O) groups is 3. The second-order valence-corrected chi connectivity index (χ2v) is 7.14. The van der Waals surface area contributed by atoms with Gasteiger partial charge in [0.2, 0.25) is 17.7 Å². The lowest BCUT2D eigenvalue weighted by Crippen LogP contribution is -2.56. The maximum atomic E-state index is 13.1. The Balaban J connectivity index is 1.75. The molecule has 0 bridgehead atoms. The Hall–Kier alpha value is -2.45. The Morgan fingerprint density at radius 2 is 2.04 bits per heavy atom. The number of aliphatic hydroxyl groups excluding tert-OH is 1. The van der Waals surface area contributed by atoms with Crippen LogP contribution in [-0.2, 0) is 20.8 Å². The summed E-state index contributed by atoms with van der Waals surface area (Å²) < 4.78 is 0. The number of nitrogens with two attached hydrogens (primary N) is 1. The van der Waals surface area contributed by atoms with Crippen molar-refractivity contribution in [2.75, 3.05) is 6.54 Å². The van der Waals surface area contributed by atoms with Crippen molar-refractivity contribution in [3.8, 4) is 0 Å². The number of amides is 3. The summed E-state index contributed by atoms with van der Waals surface area (Å²) in [5, 5.41) is 15.2. The van der Waals surface area contributed by atoms with Crippen LogP contribution >= 0.6 is 0 Å². The largest absolute Gasteiger partial charge is 0.377 e. The fraction of sp³-hybridized carbons (Fsp3) is 0.526. The number of aliphatic hydroxyl groups is 1. The van der Waals surface area contributed by atoms with Gasteiger partial charge in [-0.3, -0.25) is 14.4 Å². The Morgan fingerprint density at radius 1 is 1.30 bits per heavy atom. The van der Waals surface area contributed by atoms with E-state index in [1.54, 1.807) is 4.90 Å². The van der Waals surface area contributed by atoms with Crippen molar-refractivity contribution in [1.82, 2.24) is 15.5 Å². The SMILES string of the molecule is NC(O)C1CCCN1C(=O)C(Cc1ccccc1)NC(=O)C1CCC(=O)N1. The highest BCUT2D eigenvalue weighted by Gasteiger charge is 2.37. The van der Waals surface area contributed by atoms with E-state index in [2.05, 4.69) is 10.6 Å². The first kappa shape index (κ1) is 19.3. The predicted molar refractivity (Wildman–Crippen MR) is 98.2 cm³/mol. The molecule has 146 valence electrons. The molecule has 0 spiro atoms. The summed E-state index contributed by atoms with van der Waals surface area (Å²) in [5.41, 5.74) is 6.53. The van der Waals surface area contributed by atoms with Crippen molar-refractivity contribution in [3.05, 3.63) is 35.9 Å². The van der Waals surface area contributed by atoms with Gasteiger partial charge in [-0.2, -0.15) is 0 Å². The first-order valence-corrected chi connectivity index (χ1v) is 9.33. The van der Waals surface area contributed by atoms with Crippen LogP contribution in [0.25, 0.3) is 0 Å². The molecular formula is C19H26N4O4. The lowest BCUT2D eigenvalue weighted by Gasteiger charge is -2.31. The minimum Gasteiger partial charge on any atom is -0.377 e. The fourth-order valence-electron chi connectivity index (χ4n) is 3.75. The predicted octanol–water partition coefficient (Wildman–Crippen LogP) is -0.739. The molecular weight excluding hydrogens is 348 g/mol. The van der Waals surface area contributed by atoms with Gasteiger partial charge in [-0.25, -0.2) is 0 Å². The highest BCUT2D eigenvalue weighted by Crippen LogP contribution is 2.21. The normalized spacial score (nSPS) is 24.4. The molecule has 2 fully saturated rings. The molecule has 1 aromatic carbocycles. The molecule has 2 aliphatic heterocycles. The zero-order valence-electron chi connectivity index (χ0n) is 15.1. The van der Waals surface area contributed by atoms with E-state index in [4.69, 9.17) is 5.73 Å². The molecule has 2 saturated heterocycles. The van der Waals surface area contributed by atoms with E-state index in [1.807, 2.05) is 30.3 Å². The van der Waals surface area contributed by atoms with Crippen LogP contribution in [0.2, 0.25) is 0 Å². The molecule has 27 heavy (non-hydrogen) atoms. The lowest BCUT2D eigenvalue weighted by atomic mass is 10.0. The fourth-order valence-corrected chi connectivity index (χ4v) is 3.75. The van der Waals surface area contributed by atoms with E-state index in [9.17, 15) is 19.5 Å². The van der Waals surface area contributed by atoms with Crippen molar-refractivity contribution in [2.24, 2.45) is 5.73 Å². The molecule has 5 N–H and O–H groups in total. The number of carbonyl (C=O) groups excluding carboxylic acids is 3. The van der Waals surface area contributed by atoms with Crippen LogP contribution in [0.4, 0.5) is 0 Å². The van der Waals surface area contributed by atoms with Gasteiger partial charge in [0.15, 0.2) is 0 Å². The van der Waals surface area contributed by atoms with Gasteiger partial charge in [0.05, 0.1) is 6.04 Å². The number of benzene rings is 1. The molecule has 4 atom stereocenters. The molecule has 3 amide bonds. The molecule has 8 nitrogen and oxygen atoms in total. The molecule has 3 rings (SSSR count). The van der Waals surface area contributed by atoms with Crippen molar-refractivity contribution < 1.29 is 19.5 Å². The van der Waals surface area contributed by atoms with Gasteiger partial charge >= 0.3 is 0 Å². The Bertz CT molecular complexity index is 694. The third-order valence-electron chi connectivity index (χ3n) is 5.19. The van der Waals surface area contributed by atoms with Crippen molar-refractivity contribution in [3.63, 3.8) is 0 Å². The third-order valence-corrected chi connectivity index (χ3v) is 5.19. The van der Waals surface area contributed by atoms with Gasteiger partial charge in [0.25, 0.3) is 0 Å². The van der Waals surface area contributed by atoms with Crippen molar-refractivity contribution >= 4 is 17.7 Å². The summed E-state index contributed by atoms with van der Waals surface area (Å²) in [4.78, 5) is 38.6. The summed E-state index contributed by atoms with van der Waals surface area (Å²) >= 11 is 0. The Labute approximate surface area is 158 Å². The topological polar surface area (TPSA) is 125 Å². The Morgan fingerprint density at radius 3 is 2.67 bits per heavy atom. The molecule has 2 heterocycles. The van der Waals surface area contributed by atoms with Gasteiger partial charge in [-0.1, -0.05) is 30.3 Å². The van der Waals surface area contributed by atoms with Crippen LogP contribution in [0.15, 0.2) is 30.3 Å². The molecule has 0 radical (unpaired) electrons. The first-order chi connectivity index (χ1) is 13.0. The van der Waals surface area contributed by atoms with E-state index < -0.39 is 24.4 Å². The smallest absolute Gasteiger partial charge is 0.245 e. The van der Waals surface area contributed by atoms with Gasteiger partial charge in [-0.05, 0) is 24.8 Å². The second-order valence-electron chi connectivity index (χ2n) is 7.14. The zero-order chi connectivity index (χ0) is 19.4. The summed E-state index contributed by atoms with van der Waals surface area (Å²) in [6, 6.07) is 7.57. The van der Waals surface area contributed by atoms with Crippen LogP contribution in [0.3, 0.4) is 0 Å². The summed E-state index contributed by atoms with van der Waals surface area (Å²) in [5.74, 6) is -0.783. The summed E-state index contributed by atoms with van der Waals surface area (Å²) in [6.45, 7) is 0.499. The zero-order valence-corrected chi connectivity index (χ0v) is 15.1. The summed E-state index contributed by atoms with van der Waals surface area (Å²) in [6.07, 6.45) is 1.34. The van der Waals surface area contributed by atoms with E-state index in [0.717, 1.165) is 12.0 Å². The van der Waals surface area contributed by atoms with Crippen molar-refractivity contribution in [1.29, 1.82) is 0 Å². The third kappa shape index (κ3) is 4.64. The van der Waals surface area contributed by atoms with Gasteiger partial charge < -0.3 is 26.4 Å². The summed E-state index contributed by atoms with van der Waals surface area (Å²) in [7, 11) is 0. The number of hydrogen-bond donors (Lipinski definition) is 4. The molecule has 0 aromatic heterocycles. The average Bonchev–Trinajstić information content (AvgIpc) is 3.30. The number of nitrogens with one attached hydrogen (secondary N) is 2. The van der Waals surface area contributed by atoms with Crippen LogP contribution < -0.4 is 16.4 Å². The standard InChI is InChI=1S/C19H26N4O4/c20-17(25)15-7-4-10-23(15)19(27)14(11-12-5-2-1-3-6-12)22-18(26)13-8-9-16(24)21-13/h1-3,5-6,13-15,17,25H,4,7-11,20H2,(H,21,24)(H,22,26). The molecule has 8 heteroatoms. The monoisotopic (exact) mass is 374 g/mol. The number of rotatable bonds is 6. The highest BCUT2D eigenvalue weighted by atomic mass is 16.3. The molecule has 0 saturated carbocycles. The average molecular weight is 374 g/mol. The molecule has 1 aromatic rings. The van der Waals surface area contributed by atoms with Crippen LogP contribution in [0.1, 0.15) is 31.2 Å². The molecule has 4 unspecified atom stereocenters. The number of nitrogens with zero attached hydrogens (tertiary/aromatic N) is 1. The quantitative estimate of drug-likeness (QED) is 0.488. The van der Waals surface area contributed by atoms with Gasteiger partial charge in [-0.15, -0.1) is 0 Å². The maximum absolute atomic E-state index is 13.1. The van der Waals surface area contributed by atoms with Crippen LogP contribution in [-0.4, -0.2) is 58.6 Å². The van der Waals surface area contributed by atoms with E-state index in [0.29, 0.717) is 32.2 Å². The van der Waals surface area contributed by atoms with E-state index in [-0.39, 0.29) is 17.7 Å². The first-order valence-electron chi connectivity index (χ1n) is 9.33. The molecule has 0 aliphatic carbocycles. The number of likely N-dealkylation sites (tertiary alicyclic amines) is 1. The van der Waals surface area contributed by atoms with Crippen molar-refractivity contribution in [2.45, 2.75) is 56.5 Å². The highest BCUT2D eigenvalue weighted by molar-refractivity contribution is 5.94. The second kappa shape index (κ2) is 8.49. The maximum Gasteiger partial charge on any atom is 0.245 e. The van der Waals surface area contributed by atoms with Gasteiger partial charge in [0.1, 0.15) is 18.3 Å². The lowest BCUT2D eigenvalue weighted by molar-refractivity contribution is -0.139. The molecule has 2 aliphatic rings. The number of hydrogen-bond acceptors (Lipinski definition) is 5. The minimum absolute atomic E-state index is 0.160. The van der Waals surface area contributed by atoms with Gasteiger partial charge in [0, 0.05) is 19.4 Å². The minimum atomic E-state index is -1.11.